The smallest absolute Gasteiger partial charge is 0.437 e. The lowest BCUT2D eigenvalue weighted by atomic mass is 9.93. The number of hydrogen-bond donors (Lipinski definition) is 1. The molecule has 0 radical (unpaired) electrons. The van der Waals surface area contributed by atoms with Crippen LogP contribution in [-0.2, 0) is 20.3 Å². The standard InChI is InChI=1S/C16H20ClFN4O6S/c1-15(2,3)28-14(23)19-13-20-16(4,8-29(26,27)21(13)5)10-6-9(22(24)25)7-11(18)12(10)17/h6-7H,8H2,1-5H3,(H,19,20,23)/t16-/m0/s1. The van der Waals surface area contributed by atoms with Gasteiger partial charge in [0.1, 0.15) is 11.4 Å². The van der Waals surface area contributed by atoms with Gasteiger partial charge in [-0.3, -0.25) is 10.1 Å². The third-order valence-electron chi connectivity index (χ3n) is 3.98. The van der Waals surface area contributed by atoms with Crippen molar-refractivity contribution in [2.24, 2.45) is 4.99 Å². The van der Waals surface area contributed by atoms with Crippen LogP contribution < -0.4 is 5.32 Å². The molecule has 2 rings (SSSR count). The Morgan fingerprint density at radius 3 is 2.55 bits per heavy atom. The van der Waals surface area contributed by atoms with E-state index in [0.717, 1.165) is 10.4 Å². The second-order valence-corrected chi connectivity index (χ2v) is 10.0. The van der Waals surface area contributed by atoms with Gasteiger partial charge in [0.2, 0.25) is 16.0 Å². The molecule has 1 aromatic carbocycles. The largest absolute Gasteiger partial charge is 0.442 e. The minimum Gasteiger partial charge on any atom is -0.442 e. The molecule has 0 spiro atoms. The van der Waals surface area contributed by atoms with Crippen molar-refractivity contribution >= 4 is 39.4 Å². The van der Waals surface area contributed by atoms with Gasteiger partial charge in [-0.05, 0) is 27.7 Å². The molecule has 1 aliphatic rings. The predicted octanol–water partition coefficient (Wildman–Crippen LogP) is 2.76. The van der Waals surface area contributed by atoms with Gasteiger partial charge in [0.15, 0.2) is 0 Å². The molecule has 1 aromatic rings. The highest BCUT2D eigenvalue weighted by molar-refractivity contribution is 7.89. The fourth-order valence-corrected chi connectivity index (χ4v) is 4.47. The van der Waals surface area contributed by atoms with Gasteiger partial charge in [0, 0.05) is 18.7 Å². The summed E-state index contributed by atoms with van der Waals surface area (Å²) in [5.74, 6) is -2.10. The van der Waals surface area contributed by atoms with Gasteiger partial charge in [-0.2, -0.15) is 0 Å². The van der Waals surface area contributed by atoms with Crippen LogP contribution in [0, 0.1) is 15.9 Å². The summed E-state index contributed by atoms with van der Waals surface area (Å²) in [7, 11) is -2.87. The lowest BCUT2D eigenvalue weighted by Gasteiger charge is -2.40. The zero-order valence-corrected chi connectivity index (χ0v) is 17.9. The Labute approximate surface area is 171 Å². The Morgan fingerprint density at radius 1 is 1.45 bits per heavy atom. The summed E-state index contributed by atoms with van der Waals surface area (Å²) < 4.78 is 45.2. The number of sulfonamides is 1. The number of rotatable bonds is 2. The zero-order chi connectivity index (χ0) is 22.4. The number of nitro groups is 1. The number of non-ortho nitro benzene ring substituents is 1. The summed E-state index contributed by atoms with van der Waals surface area (Å²) in [4.78, 5) is 26.0. The molecule has 1 aliphatic heterocycles. The van der Waals surface area contributed by atoms with E-state index in [4.69, 9.17) is 16.3 Å². The third-order valence-corrected chi connectivity index (χ3v) is 6.32. The van der Waals surface area contributed by atoms with Gasteiger partial charge in [-0.15, -0.1) is 4.99 Å². The molecule has 0 saturated carbocycles. The van der Waals surface area contributed by atoms with E-state index in [9.17, 15) is 27.7 Å². The van der Waals surface area contributed by atoms with Crippen LogP contribution in [0.25, 0.3) is 0 Å². The van der Waals surface area contributed by atoms with E-state index >= 15 is 0 Å². The number of ether oxygens (including phenoxy) is 1. The highest BCUT2D eigenvalue weighted by Gasteiger charge is 2.45. The quantitative estimate of drug-likeness (QED) is 0.541. The number of nitrogens with one attached hydrogen (secondary N) is 1. The van der Waals surface area contributed by atoms with E-state index in [0.29, 0.717) is 6.07 Å². The topological polar surface area (TPSA) is 131 Å². The molecule has 13 heteroatoms. The van der Waals surface area contributed by atoms with Crippen LogP contribution in [0.5, 0.6) is 0 Å². The molecular formula is C16H20ClFN4O6S. The van der Waals surface area contributed by atoms with Gasteiger partial charge in [-0.25, -0.2) is 21.9 Å². The van der Waals surface area contributed by atoms with Crippen molar-refractivity contribution in [1.82, 2.24) is 9.62 Å². The van der Waals surface area contributed by atoms with Gasteiger partial charge < -0.3 is 10.1 Å². The highest BCUT2D eigenvalue weighted by Crippen LogP contribution is 2.36. The zero-order valence-electron chi connectivity index (χ0n) is 16.3. The number of carbonyl (C=O) groups excluding carboxylic acids is 1. The van der Waals surface area contributed by atoms with E-state index in [1.165, 1.54) is 14.0 Å². The van der Waals surface area contributed by atoms with Crippen molar-refractivity contribution in [2.75, 3.05) is 12.8 Å². The first-order chi connectivity index (χ1) is 13.1. The lowest BCUT2D eigenvalue weighted by molar-refractivity contribution is -0.385. The molecule has 1 heterocycles. The molecule has 1 atom stereocenters. The SMILES string of the molecule is CN1/C(=N/C(=O)OC(C)(C)C)N[C@](C)(c2cc([N+](=O)[O-])cc(F)c2Cl)CS1(=O)=O. The van der Waals surface area contributed by atoms with E-state index in [1.54, 1.807) is 20.8 Å². The van der Waals surface area contributed by atoms with E-state index in [-0.39, 0.29) is 5.56 Å². The number of aliphatic imine (C=N–C) groups is 1. The number of hydrogen-bond acceptors (Lipinski definition) is 6. The van der Waals surface area contributed by atoms with E-state index in [2.05, 4.69) is 10.3 Å². The summed E-state index contributed by atoms with van der Waals surface area (Å²) in [5, 5.41) is 13.3. The molecule has 1 fully saturated rings. The Balaban J connectivity index is 2.59. The number of guanidine groups is 1. The summed E-state index contributed by atoms with van der Waals surface area (Å²) in [5.41, 5.74) is -3.26. The van der Waals surface area contributed by atoms with Crippen molar-refractivity contribution in [2.45, 2.75) is 38.8 Å². The Bertz CT molecular complexity index is 1010. The summed E-state index contributed by atoms with van der Waals surface area (Å²) in [6, 6.07) is 1.61. The summed E-state index contributed by atoms with van der Waals surface area (Å²) in [6.45, 7) is 6.17. The van der Waals surface area contributed by atoms with Crippen molar-refractivity contribution in [3.8, 4) is 0 Å². The lowest BCUT2D eigenvalue weighted by Crippen LogP contribution is -2.61. The maximum atomic E-state index is 14.2. The minimum absolute atomic E-state index is 0.167. The fourth-order valence-electron chi connectivity index (χ4n) is 2.65. The minimum atomic E-state index is -4.04. The first-order valence-corrected chi connectivity index (χ1v) is 10.2. The third kappa shape index (κ3) is 4.93. The van der Waals surface area contributed by atoms with Crippen molar-refractivity contribution in [1.29, 1.82) is 0 Å². The molecule has 160 valence electrons. The van der Waals surface area contributed by atoms with Gasteiger partial charge in [-0.1, -0.05) is 11.6 Å². The van der Waals surface area contributed by atoms with Gasteiger partial charge in [0.05, 0.1) is 27.3 Å². The van der Waals surface area contributed by atoms with Crippen molar-refractivity contribution < 1.29 is 27.3 Å². The second kappa shape index (κ2) is 7.41. The molecular weight excluding hydrogens is 431 g/mol. The van der Waals surface area contributed by atoms with Gasteiger partial charge in [0.25, 0.3) is 5.69 Å². The Morgan fingerprint density at radius 2 is 2.03 bits per heavy atom. The Kier molecular flexibility index (Phi) is 5.83. The molecule has 1 amide bonds. The van der Waals surface area contributed by atoms with Crippen LogP contribution in [0.15, 0.2) is 17.1 Å². The Hall–Kier alpha value is -2.47. The van der Waals surface area contributed by atoms with Gasteiger partial charge >= 0.3 is 6.09 Å². The highest BCUT2D eigenvalue weighted by atomic mass is 35.5. The monoisotopic (exact) mass is 450 g/mol. The summed E-state index contributed by atoms with van der Waals surface area (Å²) in [6.07, 6.45) is -1.05. The molecule has 1 N–H and O–H groups in total. The molecule has 10 nitrogen and oxygen atoms in total. The first kappa shape index (κ1) is 22.8. The fraction of sp³-hybridized carbons (Fsp3) is 0.500. The maximum absolute atomic E-state index is 14.2. The number of nitro benzene ring substituents is 1. The van der Waals surface area contributed by atoms with Crippen molar-refractivity contribution in [3.63, 3.8) is 0 Å². The number of halogens is 2. The summed E-state index contributed by atoms with van der Waals surface area (Å²) >= 11 is 5.99. The maximum Gasteiger partial charge on any atom is 0.437 e. The average Bonchev–Trinajstić information content (AvgIpc) is 2.52. The number of carbonyl (C=O) groups is 1. The van der Waals surface area contributed by atoms with Crippen LogP contribution in [0.4, 0.5) is 14.9 Å². The van der Waals surface area contributed by atoms with Crippen LogP contribution in [-0.4, -0.2) is 48.1 Å². The van der Waals surface area contributed by atoms with Crippen LogP contribution in [0.2, 0.25) is 5.02 Å². The number of benzene rings is 1. The molecule has 1 saturated heterocycles. The molecule has 0 aliphatic carbocycles. The van der Waals surface area contributed by atoms with Crippen LogP contribution in [0.1, 0.15) is 33.3 Å². The molecule has 29 heavy (non-hydrogen) atoms. The normalized spacial score (nSPS) is 22.9. The van der Waals surface area contributed by atoms with E-state index in [1.807, 2.05) is 0 Å². The average molecular weight is 451 g/mol. The van der Waals surface area contributed by atoms with Crippen LogP contribution >= 0.6 is 11.6 Å². The first-order valence-electron chi connectivity index (χ1n) is 8.26. The molecule has 0 unspecified atom stereocenters. The molecule has 0 aromatic heterocycles. The second-order valence-electron chi connectivity index (χ2n) is 7.64. The van der Waals surface area contributed by atoms with E-state index < -0.39 is 60.4 Å². The van der Waals surface area contributed by atoms with Crippen LogP contribution in [0.3, 0.4) is 0 Å². The van der Waals surface area contributed by atoms with Crippen molar-refractivity contribution in [3.05, 3.63) is 38.7 Å². The number of nitrogens with zero attached hydrogens (tertiary/aromatic N) is 3. The molecule has 0 bridgehead atoms. The predicted molar refractivity (Wildman–Crippen MR) is 104 cm³/mol. The number of amides is 1.